The Hall–Kier alpha value is -1.30. The van der Waals surface area contributed by atoms with Crippen molar-refractivity contribution in [2.24, 2.45) is 5.92 Å². The largest absolute Gasteiger partial charge is 0.369 e. The molecule has 2 N–H and O–H groups in total. The van der Waals surface area contributed by atoms with E-state index in [1.54, 1.807) is 0 Å². The van der Waals surface area contributed by atoms with Crippen LogP contribution in [0.5, 0.6) is 0 Å². The number of nitrogens with one attached hydrogen (secondary N) is 2. The first kappa shape index (κ1) is 20.4. The highest BCUT2D eigenvalue weighted by Gasteiger charge is 2.36. The van der Waals surface area contributed by atoms with E-state index >= 15 is 0 Å². The van der Waals surface area contributed by atoms with E-state index in [0.717, 1.165) is 44.0 Å². The highest BCUT2D eigenvalue weighted by molar-refractivity contribution is 6.30. The van der Waals surface area contributed by atoms with Crippen LogP contribution in [-0.2, 0) is 4.79 Å². The summed E-state index contributed by atoms with van der Waals surface area (Å²) in [5.74, 6) is 0.302. The number of halogens is 1. The smallest absolute Gasteiger partial charge is 0.226 e. The van der Waals surface area contributed by atoms with Gasteiger partial charge in [-0.1, -0.05) is 44.2 Å². The minimum Gasteiger partial charge on any atom is -0.369 e. The zero-order valence-electron chi connectivity index (χ0n) is 16.6. The predicted molar refractivity (Wildman–Crippen MR) is 112 cm³/mol. The first-order chi connectivity index (χ1) is 13.1. The highest BCUT2D eigenvalue weighted by atomic mass is 35.5. The Bertz CT molecular complexity index is 601. The van der Waals surface area contributed by atoms with Crippen molar-refractivity contribution in [2.45, 2.75) is 58.3 Å². The van der Waals surface area contributed by atoms with Crippen LogP contribution >= 0.6 is 11.6 Å². The third-order valence-electron chi connectivity index (χ3n) is 5.88. The minimum atomic E-state index is -0.0493. The SMILES string of the molecule is CCCCCCC1C(=O)NC(N2CCN(c3ccc(Cl)cc3)CC2)NC1C. The van der Waals surface area contributed by atoms with Gasteiger partial charge in [0.05, 0.1) is 5.92 Å². The molecule has 6 heteroatoms. The Labute approximate surface area is 168 Å². The van der Waals surface area contributed by atoms with E-state index < -0.39 is 0 Å². The Morgan fingerprint density at radius 2 is 1.78 bits per heavy atom. The van der Waals surface area contributed by atoms with Crippen molar-refractivity contribution in [1.82, 2.24) is 15.5 Å². The summed E-state index contributed by atoms with van der Waals surface area (Å²) in [7, 11) is 0. The quantitative estimate of drug-likeness (QED) is 0.698. The summed E-state index contributed by atoms with van der Waals surface area (Å²) < 4.78 is 0. The standard InChI is InChI=1S/C21H33ClN4O/c1-3-4-5-6-7-19-16(2)23-21(24-20(19)27)26-14-12-25(13-15-26)18-10-8-17(22)9-11-18/h8-11,16,19,21,23H,3-7,12-15H2,1-2H3,(H,24,27). The van der Waals surface area contributed by atoms with Crippen molar-refractivity contribution in [3.8, 4) is 0 Å². The van der Waals surface area contributed by atoms with E-state index in [2.05, 4.69) is 46.4 Å². The molecule has 0 aromatic heterocycles. The second-order valence-corrected chi connectivity index (χ2v) is 8.26. The fourth-order valence-electron chi connectivity index (χ4n) is 4.13. The fraction of sp³-hybridized carbons (Fsp3) is 0.667. The van der Waals surface area contributed by atoms with Gasteiger partial charge < -0.3 is 10.2 Å². The zero-order chi connectivity index (χ0) is 19.2. The van der Waals surface area contributed by atoms with Crippen LogP contribution in [0.3, 0.4) is 0 Å². The van der Waals surface area contributed by atoms with Crippen molar-refractivity contribution >= 4 is 23.2 Å². The minimum absolute atomic E-state index is 0.0493. The molecule has 2 fully saturated rings. The van der Waals surface area contributed by atoms with Crippen LogP contribution in [0.15, 0.2) is 24.3 Å². The molecule has 3 unspecified atom stereocenters. The van der Waals surface area contributed by atoms with Crippen LogP contribution in [0.25, 0.3) is 0 Å². The van der Waals surface area contributed by atoms with Gasteiger partial charge in [0.2, 0.25) is 5.91 Å². The third-order valence-corrected chi connectivity index (χ3v) is 6.13. The molecule has 0 saturated carbocycles. The maximum Gasteiger partial charge on any atom is 0.226 e. The van der Waals surface area contributed by atoms with Gasteiger partial charge >= 0.3 is 0 Å². The molecule has 150 valence electrons. The number of amides is 1. The van der Waals surface area contributed by atoms with E-state index in [4.69, 9.17) is 11.6 Å². The van der Waals surface area contributed by atoms with Crippen LogP contribution in [0.4, 0.5) is 5.69 Å². The van der Waals surface area contributed by atoms with Gasteiger partial charge in [0, 0.05) is 42.9 Å². The van der Waals surface area contributed by atoms with Crippen LogP contribution in [-0.4, -0.2) is 49.3 Å². The summed E-state index contributed by atoms with van der Waals surface area (Å²) in [5.41, 5.74) is 1.21. The van der Waals surface area contributed by atoms with Crippen LogP contribution < -0.4 is 15.5 Å². The lowest BCUT2D eigenvalue weighted by atomic mass is 9.91. The second kappa shape index (κ2) is 9.76. The molecule has 0 aliphatic carbocycles. The van der Waals surface area contributed by atoms with E-state index in [1.807, 2.05) is 12.1 Å². The fourth-order valence-corrected chi connectivity index (χ4v) is 4.26. The number of benzene rings is 1. The molecular weight excluding hydrogens is 360 g/mol. The second-order valence-electron chi connectivity index (χ2n) is 7.82. The molecule has 1 aromatic rings. The number of unbranched alkanes of at least 4 members (excludes halogenated alkanes) is 3. The molecule has 0 spiro atoms. The lowest BCUT2D eigenvalue weighted by Gasteiger charge is -2.45. The molecular formula is C21H33ClN4O. The van der Waals surface area contributed by atoms with Crippen molar-refractivity contribution < 1.29 is 4.79 Å². The lowest BCUT2D eigenvalue weighted by Crippen LogP contribution is -2.68. The molecule has 2 heterocycles. The Balaban J connectivity index is 1.48. The van der Waals surface area contributed by atoms with Crippen molar-refractivity contribution in [1.29, 1.82) is 0 Å². The Morgan fingerprint density at radius 1 is 1.07 bits per heavy atom. The van der Waals surface area contributed by atoms with Crippen LogP contribution in [0.1, 0.15) is 46.0 Å². The van der Waals surface area contributed by atoms with Gasteiger partial charge in [-0.15, -0.1) is 0 Å². The van der Waals surface area contributed by atoms with E-state index in [0.29, 0.717) is 0 Å². The van der Waals surface area contributed by atoms with Gasteiger partial charge in [-0.3, -0.25) is 15.0 Å². The van der Waals surface area contributed by atoms with Crippen molar-refractivity contribution in [2.75, 3.05) is 31.1 Å². The molecule has 0 bridgehead atoms. The summed E-state index contributed by atoms with van der Waals surface area (Å²) in [6.45, 7) is 8.12. The molecule has 2 aliphatic rings. The molecule has 3 atom stereocenters. The third kappa shape index (κ3) is 5.37. The zero-order valence-corrected chi connectivity index (χ0v) is 17.3. The normalized spacial score (nSPS) is 26.9. The molecule has 3 rings (SSSR count). The number of piperazine rings is 1. The highest BCUT2D eigenvalue weighted by Crippen LogP contribution is 2.22. The number of nitrogens with zero attached hydrogens (tertiary/aromatic N) is 2. The summed E-state index contributed by atoms with van der Waals surface area (Å²) in [5, 5.41) is 7.61. The molecule has 0 radical (unpaired) electrons. The van der Waals surface area contributed by atoms with Gasteiger partial charge in [0.25, 0.3) is 0 Å². The van der Waals surface area contributed by atoms with Gasteiger partial charge in [0.15, 0.2) is 0 Å². The van der Waals surface area contributed by atoms with Gasteiger partial charge in [-0.2, -0.15) is 0 Å². The molecule has 2 aliphatic heterocycles. The maximum absolute atomic E-state index is 12.6. The van der Waals surface area contributed by atoms with Crippen molar-refractivity contribution in [3.05, 3.63) is 29.3 Å². The summed E-state index contributed by atoms with van der Waals surface area (Å²) >= 11 is 5.99. The molecule has 5 nitrogen and oxygen atoms in total. The van der Waals surface area contributed by atoms with Crippen LogP contribution in [0.2, 0.25) is 5.02 Å². The predicted octanol–water partition coefficient (Wildman–Crippen LogP) is 3.44. The summed E-state index contributed by atoms with van der Waals surface area (Å²) in [4.78, 5) is 17.4. The summed E-state index contributed by atoms with van der Waals surface area (Å²) in [6, 6.07) is 8.25. The van der Waals surface area contributed by atoms with Gasteiger partial charge in [0.1, 0.15) is 6.29 Å². The average molecular weight is 393 g/mol. The Kier molecular flexibility index (Phi) is 7.39. The number of carbonyl (C=O) groups is 1. The lowest BCUT2D eigenvalue weighted by molar-refractivity contribution is -0.132. The monoisotopic (exact) mass is 392 g/mol. The molecule has 2 saturated heterocycles. The van der Waals surface area contributed by atoms with Gasteiger partial charge in [-0.25, -0.2) is 0 Å². The molecule has 1 aromatic carbocycles. The first-order valence-electron chi connectivity index (χ1n) is 10.4. The van der Waals surface area contributed by atoms with Gasteiger partial charge in [-0.05, 0) is 37.6 Å². The van der Waals surface area contributed by atoms with Crippen LogP contribution in [0, 0.1) is 5.92 Å². The molecule has 1 amide bonds. The van der Waals surface area contributed by atoms with E-state index in [9.17, 15) is 4.79 Å². The number of anilines is 1. The number of hydrogen-bond donors (Lipinski definition) is 2. The van der Waals surface area contributed by atoms with Crippen molar-refractivity contribution in [3.63, 3.8) is 0 Å². The first-order valence-corrected chi connectivity index (χ1v) is 10.8. The maximum atomic E-state index is 12.6. The van der Waals surface area contributed by atoms with E-state index in [-0.39, 0.29) is 24.2 Å². The van der Waals surface area contributed by atoms with E-state index in [1.165, 1.54) is 24.9 Å². The average Bonchev–Trinajstić information content (AvgIpc) is 2.67. The number of rotatable bonds is 7. The molecule has 27 heavy (non-hydrogen) atoms. The topological polar surface area (TPSA) is 47.6 Å². The Morgan fingerprint density at radius 3 is 2.41 bits per heavy atom. The number of carbonyl (C=O) groups excluding carboxylic acids is 1. The number of hydrogen-bond acceptors (Lipinski definition) is 4. The summed E-state index contributed by atoms with van der Waals surface area (Å²) in [6.07, 6.45) is 5.79.